The van der Waals surface area contributed by atoms with Gasteiger partial charge in [-0.05, 0) is 6.08 Å². The molecule has 0 aliphatic heterocycles. The van der Waals surface area contributed by atoms with Gasteiger partial charge in [-0.1, -0.05) is 0 Å². The van der Waals surface area contributed by atoms with E-state index in [0.717, 1.165) is 0 Å². The minimum Gasteiger partial charge on any atom is -0.479 e. The molecule has 0 aromatic carbocycles. The summed E-state index contributed by atoms with van der Waals surface area (Å²) >= 11 is 0. The van der Waals surface area contributed by atoms with E-state index < -0.39 is 18.1 Å². The van der Waals surface area contributed by atoms with Gasteiger partial charge in [0.25, 0.3) is 0 Å². The van der Waals surface area contributed by atoms with Crippen LogP contribution in [0.4, 0.5) is 4.39 Å². The van der Waals surface area contributed by atoms with E-state index in [0.29, 0.717) is 12.2 Å². The van der Waals surface area contributed by atoms with Crippen LogP contribution in [0.5, 0.6) is 0 Å². The van der Waals surface area contributed by atoms with Crippen LogP contribution in [0.1, 0.15) is 0 Å². The highest BCUT2D eigenvalue weighted by Crippen LogP contribution is 1.91. The van der Waals surface area contributed by atoms with Crippen molar-refractivity contribution in [1.29, 1.82) is 0 Å². The van der Waals surface area contributed by atoms with E-state index in [4.69, 9.17) is 10.2 Å². The van der Waals surface area contributed by atoms with Crippen molar-refractivity contribution in [2.75, 3.05) is 0 Å². The highest BCUT2D eigenvalue weighted by molar-refractivity contribution is 5.82. The smallest absolute Gasteiger partial charge is 0.342 e. The molecule has 0 saturated carbocycles. The number of aliphatic carboxylic acids is 2. The van der Waals surface area contributed by atoms with Gasteiger partial charge in [0.15, 0.2) is 0 Å². The zero-order chi connectivity index (χ0) is 8.15. The first-order valence-corrected chi connectivity index (χ1v) is 2.32. The van der Waals surface area contributed by atoms with Crippen LogP contribution in [0.25, 0.3) is 0 Å². The Bertz CT molecular complexity index is 174. The molecule has 10 heavy (non-hydrogen) atoms. The third-order valence-electron chi connectivity index (χ3n) is 0.644. The maximum Gasteiger partial charge on any atom is 0.342 e. The summed E-state index contributed by atoms with van der Waals surface area (Å²) in [5.41, 5.74) is 0. The number of halogens is 1. The van der Waals surface area contributed by atoms with E-state index in [-0.39, 0.29) is 0 Å². The van der Waals surface area contributed by atoms with Crippen LogP contribution in [0.15, 0.2) is 12.2 Å². The van der Waals surface area contributed by atoms with Crippen molar-refractivity contribution in [3.05, 3.63) is 12.2 Å². The summed E-state index contributed by atoms with van der Waals surface area (Å²) in [4.78, 5) is 19.4. The van der Waals surface area contributed by atoms with Crippen LogP contribution in [0, 0.1) is 0 Å². The molecule has 0 aliphatic rings. The fraction of sp³-hybridized carbons (Fsp3) is 0.200. The molecule has 0 heterocycles. The first-order chi connectivity index (χ1) is 4.54. The molecule has 0 aromatic rings. The third-order valence-corrected chi connectivity index (χ3v) is 0.644. The minimum absolute atomic E-state index is 0.443. The van der Waals surface area contributed by atoms with E-state index in [1.54, 1.807) is 0 Å². The number of alkyl halides is 1. The van der Waals surface area contributed by atoms with Gasteiger partial charge >= 0.3 is 11.9 Å². The normalized spacial score (nSPS) is 13.3. The summed E-state index contributed by atoms with van der Waals surface area (Å²) < 4.78 is 11.9. The van der Waals surface area contributed by atoms with Crippen molar-refractivity contribution >= 4 is 11.9 Å². The Hall–Kier alpha value is -1.39. The Morgan fingerprint density at radius 1 is 1.40 bits per heavy atom. The molecule has 0 saturated heterocycles. The van der Waals surface area contributed by atoms with Gasteiger partial charge in [-0.3, -0.25) is 0 Å². The Balaban J connectivity index is 3.89. The number of carbonyl (C=O) groups is 2. The predicted molar refractivity (Wildman–Crippen MR) is 29.3 cm³/mol. The highest BCUT2D eigenvalue weighted by Gasteiger charge is 2.10. The zero-order valence-electron chi connectivity index (χ0n) is 4.82. The van der Waals surface area contributed by atoms with Crippen molar-refractivity contribution in [1.82, 2.24) is 0 Å². The summed E-state index contributed by atoms with van der Waals surface area (Å²) in [5.74, 6) is -3.07. The summed E-state index contributed by atoms with van der Waals surface area (Å²) in [6.07, 6.45) is -1.35. The number of rotatable bonds is 3. The molecule has 2 N–H and O–H groups in total. The minimum atomic E-state index is -2.24. The Labute approximate surface area is 55.6 Å². The Morgan fingerprint density at radius 3 is 2.20 bits per heavy atom. The molecule has 0 aliphatic carbocycles. The zero-order valence-corrected chi connectivity index (χ0v) is 4.82. The third kappa shape index (κ3) is 3.59. The van der Waals surface area contributed by atoms with Gasteiger partial charge < -0.3 is 10.2 Å². The monoisotopic (exact) mass is 148 g/mol. The summed E-state index contributed by atoms with van der Waals surface area (Å²) in [6.45, 7) is 0. The van der Waals surface area contributed by atoms with E-state index in [1.807, 2.05) is 0 Å². The second-order valence-electron chi connectivity index (χ2n) is 1.44. The standard InChI is InChI=1S/C5H5FO4/c6-3(5(9)10)1-2-4(7)8/h1-3H,(H,7,8)(H,9,10). The quantitative estimate of drug-likeness (QED) is 0.554. The van der Waals surface area contributed by atoms with Crippen molar-refractivity contribution in [2.45, 2.75) is 6.17 Å². The lowest BCUT2D eigenvalue weighted by molar-refractivity contribution is -0.140. The highest BCUT2D eigenvalue weighted by atomic mass is 19.1. The van der Waals surface area contributed by atoms with Crippen molar-refractivity contribution in [3.8, 4) is 0 Å². The molecule has 0 radical (unpaired) electrons. The molecule has 4 nitrogen and oxygen atoms in total. The molecule has 1 atom stereocenters. The first kappa shape index (κ1) is 8.61. The number of carboxylic acid groups (broad SMARTS) is 2. The fourth-order valence-corrected chi connectivity index (χ4v) is 0.249. The summed E-state index contributed by atoms with van der Waals surface area (Å²) in [5, 5.41) is 15.8. The lowest BCUT2D eigenvalue weighted by Crippen LogP contribution is -2.11. The van der Waals surface area contributed by atoms with Gasteiger partial charge in [0.05, 0.1) is 0 Å². The average molecular weight is 148 g/mol. The van der Waals surface area contributed by atoms with Crippen LogP contribution < -0.4 is 0 Å². The van der Waals surface area contributed by atoms with E-state index in [9.17, 15) is 14.0 Å². The summed E-state index contributed by atoms with van der Waals surface area (Å²) in [6, 6.07) is 0. The van der Waals surface area contributed by atoms with Crippen LogP contribution >= 0.6 is 0 Å². The first-order valence-electron chi connectivity index (χ1n) is 2.32. The molecule has 1 unspecified atom stereocenters. The lowest BCUT2D eigenvalue weighted by Gasteiger charge is -1.90. The van der Waals surface area contributed by atoms with Crippen LogP contribution in [0.3, 0.4) is 0 Å². The fourth-order valence-electron chi connectivity index (χ4n) is 0.249. The van der Waals surface area contributed by atoms with Gasteiger partial charge in [-0.2, -0.15) is 0 Å². The van der Waals surface area contributed by atoms with Gasteiger partial charge in [0, 0.05) is 6.08 Å². The van der Waals surface area contributed by atoms with Gasteiger partial charge in [0.2, 0.25) is 6.17 Å². The molecule has 0 bridgehead atoms. The van der Waals surface area contributed by atoms with Crippen LogP contribution in [-0.4, -0.2) is 28.3 Å². The summed E-state index contributed by atoms with van der Waals surface area (Å²) in [7, 11) is 0. The number of carboxylic acids is 2. The Morgan fingerprint density at radius 2 is 1.90 bits per heavy atom. The van der Waals surface area contributed by atoms with Crippen molar-refractivity contribution < 1.29 is 24.2 Å². The second-order valence-corrected chi connectivity index (χ2v) is 1.44. The van der Waals surface area contributed by atoms with Gasteiger partial charge in [0.1, 0.15) is 0 Å². The van der Waals surface area contributed by atoms with E-state index in [1.165, 1.54) is 0 Å². The SMILES string of the molecule is O=C(O)C=CC(F)C(=O)O. The van der Waals surface area contributed by atoms with E-state index >= 15 is 0 Å². The largest absolute Gasteiger partial charge is 0.479 e. The van der Waals surface area contributed by atoms with Gasteiger partial charge in [-0.15, -0.1) is 0 Å². The van der Waals surface area contributed by atoms with Crippen molar-refractivity contribution in [2.24, 2.45) is 0 Å². The molecule has 56 valence electrons. The molecule has 0 fully saturated rings. The average Bonchev–Trinajstić information content (AvgIpc) is 1.82. The maximum absolute atomic E-state index is 11.9. The van der Waals surface area contributed by atoms with Crippen LogP contribution in [-0.2, 0) is 9.59 Å². The molecular formula is C5H5FO4. The molecule has 0 amide bonds. The topological polar surface area (TPSA) is 74.6 Å². The van der Waals surface area contributed by atoms with Crippen molar-refractivity contribution in [3.63, 3.8) is 0 Å². The second kappa shape index (κ2) is 3.60. The van der Waals surface area contributed by atoms with Crippen LogP contribution in [0.2, 0.25) is 0 Å². The Kier molecular flexibility index (Phi) is 3.10. The molecule has 0 rings (SSSR count). The predicted octanol–water partition coefficient (Wildman–Crippen LogP) is 0.0499. The van der Waals surface area contributed by atoms with Gasteiger partial charge in [-0.25, -0.2) is 14.0 Å². The van der Waals surface area contributed by atoms with E-state index in [2.05, 4.69) is 0 Å². The molecule has 0 spiro atoms. The molecular weight excluding hydrogens is 143 g/mol. The molecule has 5 heteroatoms. The molecule has 0 aromatic heterocycles. The lowest BCUT2D eigenvalue weighted by atomic mass is 10.3. The maximum atomic E-state index is 11.9. The number of hydrogen-bond acceptors (Lipinski definition) is 2. The number of hydrogen-bond donors (Lipinski definition) is 2.